The Balaban J connectivity index is 2.04. The van der Waals surface area contributed by atoms with E-state index in [1.54, 1.807) is 17.5 Å². The normalized spacial score (nSPS) is 17.8. The first-order valence-electron chi connectivity index (χ1n) is 5.77. The predicted octanol–water partition coefficient (Wildman–Crippen LogP) is 3.11. The number of ether oxygens (including phenoxy) is 1. The SMILES string of the molecule is CCC1Cc2cc(-c3nccs3)c(N)cc2O1. The number of nitrogen functional groups attached to an aromatic ring is 1. The van der Waals surface area contributed by atoms with Crippen molar-refractivity contribution in [2.24, 2.45) is 0 Å². The van der Waals surface area contributed by atoms with E-state index in [1.165, 1.54) is 5.56 Å². The Bertz CT molecular complexity index is 537. The maximum absolute atomic E-state index is 6.06. The van der Waals surface area contributed by atoms with Gasteiger partial charge in [0, 0.05) is 35.3 Å². The second kappa shape index (κ2) is 4.04. The van der Waals surface area contributed by atoms with Gasteiger partial charge in [-0.15, -0.1) is 11.3 Å². The van der Waals surface area contributed by atoms with Crippen LogP contribution in [0.25, 0.3) is 10.6 Å². The summed E-state index contributed by atoms with van der Waals surface area (Å²) >= 11 is 1.61. The zero-order chi connectivity index (χ0) is 11.8. The number of thiazole rings is 1. The molecule has 0 bridgehead atoms. The molecule has 3 rings (SSSR count). The Kier molecular flexibility index (Phi) is 2.52. The van der Waals surface area contributed by atoms with Crippen LogP contribution in [0.4, 0.5) is 5.69 Å². The lowest BCUT2D eigenvalue weighted by atomic mass is 10.0. The summed E-state index contributed by atoms with van der Waals surface area (Å²) in [5, 5.41) is 2.94. The number of nitrogens with zero attached hydrogens (tertiary/aromatic N) is 1. The molecule has 0 spiro atoms. The Hall–Kier alpha value is -1.55. The van der Waals surface area contributed by atoms with Gasteiger partial charge in [-0.05, 0) is 18.1 Å². The topological polar surface area (TPSA) is 48.1 Å². The molecule has 1 aromatic heterocycles. The second-order valence-electron chi connectivity index (χ2n) is 4.24. The number of anilines is 1. The quantitative estimate of drug-likeness (QED) is 0.828. The average molecular weight is 246 g/mol. The van der Waals surface area contributed by atoms with Crippen molar-refractivity contribution >= 4 is 17.0 Å². The molecule has 0 amide bonds. The number of fused-ring (bicyclic) bond motifs is 1. The first kappa shape index (κ1) is 10.6. The smallest absolute Gasteiger partial charge is 0.125 e. The molecule has 1 aliphatic rings. The maximum atomic E-state index is 6.06. The van der Waals surface area contributed by atoms with Crippen LogP contribution in [-0.4, -0.2) is 11.1 Å². The third-order valence-electron chi connectivity index (χ3n) is 3.09. The standard InChI is InChI=1S/C13H14N2OS/c1-2-9-5-8-6-10(13-15-3-4-17-13)11(14)7-12(8)16-9/h3-4,6-7,9H,2,5,14H2,1H3. The van der Waals surface area contributed by atoms with Gasteiger partial charge in [-0.25, -0.2) is 4.98 Å². The molecule has 1 unspecified atom stereocenters. The Labute approximate surface area is 104 Å². The van der Waals surface area contributed by atoms with Crippen molar-refractivity contribution < 1.29 is 4.74 Å². The van der Waals surface area contributed by atoms with Gasteiger partial charge in [-0.1, -0.05) is 6.92 Å². The molecule has 4 heteroatoms. The number of aromatic nitrogens is 1. The minimum atomic E-state index is 0.302. The lowest BCUT2D eigenvalue weighted by Gasteiger charge is -2.07. The van der Waals surface area contributed by atoms with E-state index in [9.17, 15) is 0 Å². The maximum Gasteiger partial charge on any atom is 0.125 e. The number of rotatable bonds is 2. The second-order valence-corrected chi connectivity index (χ2v) is 5.13. The van der Waals surface area contributed by atoms with Gasteiger partial charge in [0.25, 0.3) is 0 Å². The third-order valence-corrected chi connectivity index (χ3v) is 3.90. The monoisotopic (exact) mass is 246 g/mol. The molecule has 2 aromatic rings. The molecule has 2 N–H and O–H groups in total. The molecular formula is C13H14N2OS. The Morgan fingerprint density at radius 2 is 2.41 bits per heavy atom. The van der Waals surface area contributed by atoms with Crippen molar-refractivity contribution in [1.29, 1.82) is 0 Å². The van der Waals surface area contributed by atoms with Crippen molar-refractivity contribution in [2.45, 2.75) is 25.9 Å². The summed E-state index contributed by atoms with van der Waals surface area (Å²) in [6.07, 6.45) is 4.11. The lowest BCUT2D eigenvalue weighted by Crippen LogP contribution is -2.10. The molecule has 0 saturated carbocycles. The van der Waals surface area contributed by atoms with Crippen LogP contribution in [0.1, 0.15) is 18.9 Å². The van der Waals surface area contributed by atoms with Crippen molar-refractivity contribution in [3.05, 3.63) is 29.3 Å². The summed E-state index contributed by atoms with van der Waals surface area (Å²) in [7, 11) is 0. The molecule has 1 aliphatic heterocycles. The highest BCUT2D eigenvalue weighted by atomic mass is 32.1. The van der Waals surface area contributed by atoms with Crippen LogP contribution in [0.2, 0.25) is 0 Å². The minimum absolute atomic E-state index is 0.302. The van der Waals surface area contributed by atoms with E-state index in [-0.39, 0.29) is 0 Å². The predicted molar refractivity (Wildman–Crippen MR) is 70.4 cm³/mol. The molecule has 0 fully saturated rings. The average Bonchev–Trinajstić information content (AvgIpc) is 2.95. The van der Waals surface area contributed by atoms with Crippen LogP contribution in [0.5, 0.6) is 5.75 Å². The van der Waals surface area contributed by atoms with E-state index >= 15 is 0 Å². The summed E-state index contributed by atoms with van der Waals surface area (Å²) in [6.45, 7) is 2.14. The van der Waals surface area contributed by atoms with Gasteiger partial charge in [-0.2, -0.15) is 0 Å². The van der Waals surface area contributed by atoms with Gasteiger partial charge < -0.3 is 10.5 Å². The number of hydrogen-bond acceptors (Lipinski definition) is 4. The van der Waals surface area contributed by atoms with Crippen LogP contribution >= 0.6 is 11.3 Å². The van der Waals surface area contributed by atoms with Gasteiger partial charge in [0.15, 0.2) is 0 Å². The van der Waals surface area contributed by atoms with Gasteiger partial charge in [0.1, 0.15) is 16.9 Å². The van der Waals surface area contributed by atoms with E-state index in [0.29, 0.717) is 6.10 Å². The summed E-state index contributed by atoms with van der Waals surface area (Å²) < 4.78 is 5.81. The fourth-order valence-corrected chi connectivity index (χ4v) is 2.82. The van der Waals surface area contributed by atoms with Crippen molar-refractivity contribution in [1.82, 2.24) is 4.98 Å². The molecule has 1 atom stereocenters. The van der Waals surface area contributed by atoms with E-state index in [2.05, 4.69) is 18.0 Å². The molecule has 0 radical (unpaired) electrons. The van der Waals surface area contributed by atoms with Gasteiger partial charge >= 0.3 is 0 Å². The molecule has 1 aromatic carbocycles. The largest absolute Gasteiger partial charge is 0.490 e. The minimum Gasteiger partial charge on any atom is -0.490 e. The van der Waals surface area contributed by atoms with Gasteiger partial charge in [-0.3, -0.25) is 0 Å². The molecule has 0 saturated heterocycles. The van der Waals surface area contributed by atoms with E-state index < -0.39 is 0 Å². The van der Waals surface area contributed by atoms with E-state index in [0.717, 1.165) is 34.8 Å². The molecular weight excluding hydrogens is 232 g/mol. The summed E-state index contributed by atoms with van der Waals surface area (Å²) in [5.74, 6) is 0.939. The first-order valence-corrected chi connectivity index (χ1v) is 6.64. The van der Waals surface area contributed by atoms with Crippen LogP contribution in [-0.2, 0) is 6.42 Å². The Morgan fingerprint density at radius 3 is 3.12 bits per heavy atom. The highest BCUT2D eigenvalue weighted by molar-refractivity contribution is 7.13. The molecule has 88 valence electrons. The van der Waals surface area contributed by atoms with Crippen molar-refractivity contribution in [3.8, 4) is 16.3 Å². The fraction of sp³-hybridized carbons (Fsp3) is 0.308. The van der Waals surface area contributed by atoms with E-state index in [1.807, 2.05) is 11.4 Å². The molecule has 2 heterocycles. The number of hydrogen-bond donors (Lipinski definition) is 1. The highest BCUT2D eigenvalue weighted by Gasteiger charge is 2.23. The fourth-order valence-electron chi connectivity index (χ4n) is 2.15. The number of nitrogens with two attached hydrogens (primary N) is 1. The zero-order valence-electron chi connectivity index (χ0n) is 9.64. The third kappa shape index (κ3) is 1.78. The Morgan fingerprint density at radius 1 is 1.53 bits per heavy atom. The van der Waals surface area contributed by atoms with E-state index in [4.69, 9.17) is 10.5 Å². The number of benzene rings is 1. The molecule has 3 nitrogen and oxygen atoms in total. The first-order chi connectivity index (χ1) is 8.28. The molecule has 17 heavy (non-hydrogen) atoms. The van der Waals surface area contributed by atoms with Crippen LogP contribution in [0.3, 0.4) is 0 Å². The summed E-state index contributed by atoms with van der Waals surface area (Å²) in [4.78, 5) is 4.31. The van der Waals surface area contributed by atoms with Crippen molar-refractivity contribution in [3.63, 3.8) is 0 Å². The van der Waals surface area contributed by atoms with Crippen LogP contribution in [0, 0.1) is 0 Å². The van der Waals surface area contributed by atoms with Crippen molar-refractivity contribution in [2.75, 3.05) is 5.73 Å². The van der Waals surface area contributed by atoms with Crippen LogP contribution < -0.4 is 10.5 Å². The highest BCUT2D eigenvalue weighted by Crippen LogP contribution is 2.38. The van der Waals surface area contributed by atoms with Crippen LogP contribution in [0.15, 0.2) is 23.7 Å². The lowest BCUT2D eigenvalue weighted by molar-refractivity contribution is 0.228. The summed E-state index contributed by atoms with van der Waals surface area (Å²) in [5.41, 5.74) is 9.08. The molecule has 0 aliphatic carbocycles. The van der Waals surface area contributed by atoms with Gasteiger partial charge in [0.2, 0.25) is 0 Å². The summed E-state index contributed by atoms with van der Waals surface area (Å²) in [6, 6.07) is 4.06. The zero-order valence-corrected chi connectivity index (χ0v) is 10.5. The van der Waals surface area contributed by atoms with Gasteiger partial charge in [0.05, 0.1) is 0 Å².